The van der Waals surface area contributed by atoms with Crippen molar-refractivity contribution >= 4 is 46.3 Å². The Balaban J connectivity index is 3.13. The first-order valence-electron chi connectivity index (χ1n) is 3.61. The second-order valence-electron chi connectivity index (χ2n) is 2.49. The molecule has 0 amide bonds. The summed E-state index contributed by atoms with van der Waals surface area (Å²) >= 11 is 16.8. The highest BCUT2D eigenvalue weighted by Crippen LogP contribution is 2.35. The Morgan fingerprint density at radius 1 is 1.36 bits per heavy atom. The van der Waals surface area contributed by atoms with Crippen LogP contribution in [0.25, 0.3) is 0 Å². The Kier molecular flexibility index (Phi) is 3.86. The van der Waals surface area contributed by atoms with Gasteiger partial charge in [0.25, 0.3) is 0 Å². The van der Waals surface area contributed by atoms with E-state index in [1.54, 1.807) is 0 Å². The van der Waals surface area contributed by atoms with Crippen LogP contribution >= 0.6 is 34.8 Å². The van der Waals surface area contributed by atoms with Gasteiger partial charge in [-0.05, 0) is 12.1 Å². The van der Waals surface area contributed by atoms with Crippen LogP contribution in [0, 0.1) is 0 Å². The molecule has 0 radical (unpaired) electrons. The zero-order chi connectivity index (χ0) is 10.7. The van der Waals surface area contributed by atoms with Gasteiger partial charge in [0, 0.05) is 0 Å². The summed E-state index contributed by atoms with van der Waals surface area (Å²) < 4.78 is 0. The molecule has 0 atom stereocenters. The summed E-state index contributed by atoms with van der Waals surface area (Å²) in [7, 11) is 0. The lowest BCUT2D eigenvalue weighted by atomic mass is 10.3. The van der Waals surface area contributed by atoms with Crippen LogP contribution in [0.15, 0.2) is 17.1 Å². The molecule has 1 aromatic carbocycles. The quantitative estimate of drug-likeness (QED) is 0.484. The number of halogens is 3. The molecule has 0 unspecified atom stereocenters. The van der Waals surface area contributed by atoms with Gasteiger partial charge in [-0.2, -0.15) is 0 Å². The lowest BCUT2D eigenvalue weighted by Crippen LogP contribution is -2.12. The normalized spacial score (nSPS) is 11.8. The number of aliphatic imine (C=N–C) groups is 1. The van der Waals surface area contributed by atoms with Crippen molar-refractivity contribution in [2.45, 2.75) is 0 Å². The van der Waals surface area contributed by atoms with Gasteiger partial charge in [0.1, 0.15) is 5.84 Å². The molecule has 6 heteroatoms. The highest BCUT2D eigenvalue weighted by molar-refractivity contribution is 6.37. The van der Waals surface area contributed by atoms with Crippen molar-refractivity contribution in [3.8, 4) is 5.75 Å². The maximum atomic E-state index is 9.25. The Hall–Kier alpha value is -0.640. The summed E-state index contributed by atoms with van der Waals surface area (Å²) in [6.45, 7) is 0. The van der Waals surface area contributed by atoms with Crippen molar-refractivity contribution in [1.29, 1.82) is 0 Å². The summed E-state index contributed by atoms with van der Waals surface area (Å²) in [4.78, 5) is 3.92. The van der Waals surface area contributed by atoms with E-state index in [0.717, 1.165) is 0 Å². The van der Waals surface area contributed by atoms with Crippen molar-refractivity contribution in [3.63, 3.8) is 0 Å². The van der Waals surface area contributed by atoms with E-state index < -0.39 is 0 Å². The van der Waals surface area contributed by atoms with Gasteiger partial charge < -0.3 is 10.8 Å². The molecule has 0 aromatic heterocycles. The second kappa shape index (κ2) is 4.73. The number of rotatable bonds is 2. The molecule has 76 valence electrons. The zero-order valence-corrected chi connectivity index (χ0v) is 9.24. The van der Waals surface area contributed by atoms with Crippen LogP contribution in [0.4, 0.5) is 5.69 Å². The summed E-state index contributed by atoms with van der Waals surface area (Å²) in [6, 6.07) is 2.89. The largest absolute Gasteiger partial charge is 0.505 e. The average molecular weight is 254 g/mol. The molecule has 14 heavy (non-hydrogen) atoms. The van der Waals surface area contributed by atoms with Crippen molar-refractivity contribution in [1.82, 2.24) is 0 Å². The van der Waals surface area contributed by atoms with Crippen LogP contribution in [0.1, 0.15) is 0 Å². The van der Waals surface area contributed by atoms with Gasteiger partial charge in [0.15, 0.2) is 5.75 Å². The number of aromatic hydroxyl groups is 1. The second-order valence-corrected chi connectivity index (χ2v) is 3.58. The Morgan fingerprint density at radius 3 is 2.29 bits per heavy atom. The van der Waals surface area contributed by atoms with Crippen molar-refractivity contribution < 1.29 is 5.11 Å². The standard InChI is InChI=1S/C8H7Cl3N2O/c9-3-7(12)13-4-1-5(10)8(14)6(11)2-4/h1-2,14H,3H2,(H2,12,13). The molecule has 0 aliphatic heterocycles. The highest BCUT2D eigenvalue weighted by Gasteiger charge is 2.06. The van der Waals surface area contributed by atoms with E-state index in [1.165, 1.54) is 12.1 Å². The van der Waals surface area contributed by atoms with Gasteiger partial charge in [-0.1, -0.05) is 23.2 Å². The van der Waals surface area contributed by atoms with Gasteiger partial charge in [0.2, 0.25) is 0 Å². The van der Waals surface area contributed by atoms with Crippen LogP contribution in [0.3, 0.4) is 0 Å². The minimum atomic E-state index is -0.170. The van der Waals surface area contributed by atoms with Crippen LogP contribution < -0.4 is 5.73 Å². The van der Waals surface area contributed by atoms with Gasteiger partial charge in [0.05, 0.1) is 21.6 Å². The van der Waals surface area contributed by atoms with Crippen molar-refractivity contribution in [3.05, 3.63) is 22.2 Å². The molecule has 1 rings (SSSR count). The highest BCUT2D eigenvalue weighted by atomic mass is 35.5. The van der Waals surface area contributed by atoms with E-state index in [4.69, 9.17) is 40.5 Å². The number of phenolic OH excluding ortho intramolecular Hbond substituents is 1. The first-order valence-corrected chi connectivity index (χ1v) is 4.90. The van der Waals surface area contributed by atoms with Crippen LogP contribution in [0.5, 0.6) is 5.75 Å². The molecule has 0 aliphatic carbocycles. The van der Waals surface area contributed by atoms with E-state index in [0.29, 0.717) is 5.69 Å². The number of hydrogen-bond acceptors (Lipinski definition) is 2. The van der Waals surface area contributed by atoms with Crippen molar-refractivity contribution in [2.75, 3.05) is 5.88 Å². The molecule has 1 aromatic rings. The summed E-state index contributed by atoms with van der Waals surface area (Å²) in [5.74, 6) is 0.206. The Labute approximate surface area is 96.1 Å². The fraction of sp³-hybridized carbons (Fsp3) is 0.125. The number of nitrogens with zero attached hydrogens (tertiary/aromatic N) is 1. The molecule has 0 spiro atoms. The van der Waals surface area contributed by atoms with Crippen LogP contribution in [0.2, 0.25) is 10.0 Å². The third kappa shape index (κ3) is 2.67. The van der Waals surface area contributed by atoms with Crippen molar-refractivity contribution in [2.24, 2.45) is 10.7 Å². The topological polar surface area (TPSA) is 58.6 Å². The molecular formula is C8H7Cl3N2O. The molecule has 0 saturated carbocycles. The fourth-order valence-electron chi connectivity index (χ4n) is 0.812. The maximum absolute atomic E-state index is 9.25. The molecule has 0 aliphatic rings. The van der Waals surface area contributed by atoms with Gasteiger partial charge >= 0.3 is 0 Å². The number of hydrogen-bond donors (Lipinski definition) is 2. The molecule has 3 N–H and O–H groups in total. The maximum Gasteiger partial charge on any atom is 0.152 e. The summed E-state index contributed by atoms with van der Waals surface area (Å²) in [6.07, 6.45) is 0. The average Bonchev–Trinajstić information content (AvgIpc) is 2.14. The summed E-state index contributed by atoms with van der Waals surface area (Å²) in [5.41, 5.74) is 5.87. The van der Waals surface area contributed by atoms with Gasteiger partial charge in [-0.3, -0.25) is 0 Å². The van der Waals surface area contributed by atoms with Crippen LogP contribution in [-0.4, -0.2) is 16.8 Å². The lowest BCUT2D eigenvalue weighted by molar-refractivity contribution is 0.476. The molecule has 3 nitrogen and oxygen atoms in total. The third-order valence-corrected chi connectivity index (χ3v) is 2.26. The SMILES string of the molecule is NC(CCl)=Nc1cc(Cl)c(O)c(Cl)c1. The minimum absolute atomic E-state index is 0.121. The number of phenols is 1. The predicted octanol–water partition coefficient (Wildman–Crippen LogP) is 2.93. The van der Waals surface area contributed by atoms with E-state index >= 15 is 0 Å². The predicted molar refractivity (Wildman–Crippen MR) is 60.1 cm³/mol. The monoisotopic (exact) mass is 252 g/mol. The van der Waals surface area contributed by atoms with E-state index in [1.807, 2.05) is 0 Å². The number of benzene rings is 1. The van der Waals surface area contributed by atoms with Gasteiger partial charge in [-0.15, -0.1) is 11.6 Å². The van der Waals surface area contributed by atoms with Gasteiger partial charge in [-0.25, -0.2) is 4.99 Å². The molecule has 0 heterocycles. The zero-order valence-electron chi connectivity index (χ0n) is 6.97. The first-order chi connectivity index (χ1) is 6.54. The van der Waals surface area contributed by atoms with E-state index in [2.05, 4.69) is 4.99 Å². The summed E-state index contributed by atoms with van der Waals surface area (Å²) in [5, 5.41) is 9.50. The fourth-order valence-corrected chi connectivity index (χ4v) is 1.35. The number of alkyl halides is 1. The molecule has 0 bridgehead atoms. The minimum Gasteiger partial charge on any atom is -0.505 e. The Bertz CT molecular complexity index is 356. The Morgan fingerprint density at radius 2 is 1.86 bits per heavy atom. The van der Waals surface area contributed by atoms with E-state index in [-0.39, 0.29) is 27.5 Å². The first kappa shape index (κ1) is 11.4. The molecule has 0 fully saturated rings. The van der Waals surface area contributed by atoms with E-state index in [9.17, 15) is 5.11 Å². The number of amidine groups is 1. The third-order valence-electron chi connectivity index (χ3n) is 1.41. The molecule has 0 saturated heterocycles. The lowest BCUT2D eigenvalue weighted by Gasteiger charge is -2.02. The smallest absolute Gasteiger partial charge is 0.152 e. The number of nitrogens with two attached hydrogens (primary N) is 1. The molecular weight excluding hydrogens is 246 g/mol. The van der Waals surface area contributed by atoms with Crippen LogP contribution in [-0.2, 0) is 0 Å².